The van der Waals surface area contributed by atoms with E-state index in [0.29, 0.717) is 5.96 Å². The normalized spacial score (nSPS) is 11.5. The number of halogens is 2. The number of carbonyl (C=O) groups excluding carboxylic acids is 1. The van der Waals surface area contributed by atoms with Crippen molar-refractivity contribution >= 4 is 41.5 Å². The Hall–Kier alpha value is -2.36. The smallest absolute Gasteiger partial charge is 0.239 e. The van der Waals surface area contributed by atoms with Gasteiger partial charge in [0.05, 0.1) is 19.2 Å². The third-order valence-corrected chi connectivity index (χ3v) is 3.73. The van der Waals surface area contributed by atoms with Crippen LogP contribution in [0.15, 0.2) is 53.5 Å². The van der Waals surface area contributed by atoms with E-state index in [2.05, 4.69) is 20.9 Å². The molecular weight excluding hydrogens is 510 g/mol. The van der Waals surface area contributed by atoms with Crippen LogP contribution >= 0.6 is 24.0 Å². The van der Waals surface area contributed by atoms with Crippen molar-refractivity contribution in [1.82, 2.24) is 10.6 Å². The van der Waals surface area contributed by atoms with E-state index in [0.717, 1.165) is 17.0 Å². The molecule has 0 heterocycles. The molecule has 2 aromatic rings. The van der Waals surface area contributed by atoms with Crippen LogP contribution < -0.4 is 20.7 Å². The summed E-state index contributed by atoms with van der Waals surface area (Å²) in [7, 11) is 0. The summed E-state index contributed by atoms with van der Waals surface area (Å²) in [6.45, 7) is 10.0. The van der Waals surface area contributed by atoms with Crippen molar-refractivity contribution in [2.75, 3.05) is 11.9 Å². The van der Waals surface area contributed by atoms with Gasteiger partial charge in [-0.05, 0) is 76.6 Å². The fourth-order valence-corrected chi connectivity index (χ4v) is 2.60. The summed E-state index contributed by atoms with van der Waals surface area (Å²) < 4.78 is 19.1. The highest BCUT2D eigenvalue weighted by atomic mass is 127. The van der Waals surface area contributed by atoms with Gasteiger partial charge in [0.25, 0.3) is 0 Å². The SMILES string of the molecule is CC(C)Oc1ccc(NC(=NCc2cccc(F)c2)NCC(=O)NC(C)(C)C)cc1.I. The van der Waals surface area contributed by atoms with E-state index >= 15 is 0 Å². The Kier molecular flexibility index (Phi) is 10.7. The molecule has 6 nitrogen and oxygen atoms in total. The number of guanidine groups is 1. The van der Waals surface area contributed by atoms with Gasteiger partial charge in [-0.15, -0.1) is 24.0 Å². The standard InChI is InChI=1S/C23H31FN4O2.HI/c1-16(2)30-20-11-9-19(10-12-20)27-22(26-15-21(29)28-23(3,4)5)25-14-17-7-6-8-18(24)13-17;/h6-13,16H,14-15H2,1-5H3,(H,28,29)(H2,25,26,27);1H. The molecule has 0 saturated carbocycles. The number of rotatable bonds is 7. The highest BCUT2D eigenvalue weighted by molar-refractivity contribution is 14.0. The van der Waals surface area contributed by atoms with Crippen LogP contribution in [-0.4, -0.2) is 30.1 Å². The van der Waals surface area contributed by atoms with Gasteiger partial charge < -0.3 is 20.7 Å². The van der Waals surface area contributed by atoms with Gasteiger partial charge in [-0.3, -0.25) is 4.79 Å². The Morgan fingerprint density at radius 3 is 2.39 bits per heavy atom. The second-order valence-electron chi connectivity index (χ2n) is 8.26. The molecule has 0 saturated heterocycles. The number of nitrogens with one attached hydrogen (secondary N) is 3. The molecule has 2 aromatic carbocycles. The molecule has 0 aliphatic heterocycles. The highest BCUT2D eigenvalue weighted by Gasteiger charge is 2.14. The predicted molar refractivity (Wildman–Crippen MR) is 135 cm³/mol. The van der Waals surface area contributed by atoms with Gasteiger partial charge in [-0.1, -0.05) is 12.1 Å². The van der Waals surface area contributed by atoms with Crippen LogP contribution in [0.4, 0.5) is 10.1 Å². The van der Waals surface area contributed by atoms with Crippen molar-refractivity contribution in [3.05, 3.63) is 59.9 Å². The Morgan fingerprint density at radius 2 is 1.81 bits per heavy atom. The average molecular weight is 542 g/mol. The predicted octanol–water partition coefficient (Wildman–Crippen LogP) is 4.70. The molecule has 0 aliphatic carbocycles. The zero-order chi connectivity index (χ0) is 22.1. The highest BCUT2D eigenvalue weighted by Crippen LogP contribution is 2.17. The second kappa shape index (κ2) is 12.5. The van der Waals surface area contributed by atoms with Crippen molar-refractivity contribution in [1.29, 1.82) is 0 Å². The zero-order valence-corrected chi connectivity index (χ0v) is 21.0. The van der Waals surface area contributed by atoms with Gasteiger partial charge in [-0.2, -0.15) is 0 Å². The lowest BCUT2D eigenvalue weighted by molar-refractivity contribution is -0.121. The summed E-state index contributed by atoms with van der Waals surface area (Å²) in [5.41, 5.74) is 1.20. The van der Waals surface area contributed by atoms with E-state index in [1.807, 2.05) is 58.9 Å². The van der Waals surface area contributed by atoms with E-state index in [1.54, 1.807) is 12.1 Å². The molecule has 3 N–H and O–H groups in total. The molecule has 0 atom stereocenters. The number of ether oxygens (including phenoxy) is 1. The Labute approximate surface area is 201 Å². The van der Waals surface area contributed by atoms with Crippen molar-refractivity contribution in [2.45, 2.75) is 52.8 Å². The number of benzene rings is 2. The summed E-state index contributed by atoms with van der Waals surface area (Å²) >= 11 is 0. The van der Waals surface area contributed by atoms with Gasteiger partial charge >= 0.3 is 0 Å². The monoisotopic (exact) mass is 542 g/mol. The van der Waals surface area contributed by atoms with Crippen LogP contribution in [0.5, 0.6) is 5.75 Å². The maximum Gasteiger partial charge on any atom is 0.239 e. The third kappa shape index (κ3) is 11.0. The topological polar surface area (TPSA) is 74.8 Å². The van der Waals surface area contributed by atoms with Gasteiger partial charge in [-0.25, -0.2) is 9.38 Å². The number of hydrogen-bond acceptors (Lipinski definition) is 3. The maximum absolute atomic E-state index is 13.4. The van der Waals surface area contributed by atoms with E-state index in [1.165, 1.54) is 12.1 Å². The third-order valence-electron chi connectivity index (χ3n) is 3.73. The minimum Gasteiger partial charge on any atom is -0.491 e. The largest absolute Gasteiger partial charge is 0.491 e. The van der Waals surface area contributed by atoms with E-state index < -0.39 is 0 Å². The Morgan fingerprint density at radius 1 is 1.13 bits per heavy atom. The lowest BCUT2D eigenvalue weighted by Gasteiger charge is -2.21. The second-order valence-corrected chi connectivity index (χ2v) is 8.26. The molecule has 170 valence electrons. The van der Waals surface area contributed by atoms with Crippen LogP contribution in [0.25, 0.3) is 0 Å². The van der Waals surface area contributed by atoms with E-state index in [9.17, 15) is 9.18 Å². The number of aliphatic imine (C=N–C) groups is 1. The first-order chi connectivity index (χ1) is 14.1. The minimum absolute atomic E-state index is 0. The molecule has 2 rings (SSSR count). The molecule has 0 unspecified atom stereocenters. The molecule has 0 radical (unpaired) electrons. The Balaban J connectivity index is 0.00000480. The van der Waals surface area contributed by atoms with Crippen molar-refractivity contribution < 1.29 is 13.9 Å². The average Bonchev–Trinajstić information content (AvgIpc) is 2.63. The van der Waals surface area contributed by atoms with Crippen molar-refractivity contribution in [2.24, 2.45) is 4.99 Å². The molecule has 8 heteroatoms. The van der Waals surface area contributed by atoms with Crippen LogP contribution in [0.2, 0.25) is 0 Å². The van der Waals surface area contributed by atoms with Crippen molar-refractivity contribution in [3.63, 3.8) is 0 Å². The first kappa shape index (κ1) is 26.7. The number of carbonyl (C=O) groups is 1. The molecule has 31 heavy (non-hydrogen) atoms. The Bertz CT molecular complexity index is 865. The molecule has 0 spiro atoms. The summed E-state index contributed by atoms with van der Waals surface area (Å²) in [6.07, 6.45) is 0.0928. The lowest BCUT2D eigenvalue weighted by atomic mass is 10.1. The fraction of sp³-hybridized carbons (Fsp3) is 0.391. The number of hydrogen-bond donors (Lipinski definition) is 3. The number of anilines is 1. The minimum atomic E-state index is -0.322. The molecule has 0 aromatic heterocycles. The quantitative estimate of drug-likeness (QED) is 0.270. The molecule has 1 amide bonds. The molecular formula is C23H32FIN4O2. The van der Waals surface area contributed by atoms with E-state index in [4.69, 9.17) is 4.74 Å². The number of amides is 1. The van der Waals surface area contributed by atoms with Crippen LogP contribution in [0.3, 0.4) is 0 Å². The first-order valence-electron chi connectivity index (χ1n) is 9.98. The van der Waals surface area contributed by atoms with Crippen LogP contribution in [0, 0.1) is 5.82 Å². The summed E-state index contributed by atoms with van der Waals surface area (Å²) in [5.74, 6) is 0.728. The zero-order valence-electron chi connectivity index (χ0n) is 18.7. The summed E-state index contributed by atoms with van der Waals surface area (Å²) in [6, 6.07) is 13.7. The summed E-state index contributed by atoms with van der Waals surface area (Å²) in [4.78, 5) is 16.6. The maximum atomic E-state index is 13.4. The molecule has 0 aliphatic rings. The molecule has 0 bridgehead atoms. The van der Waals surface area contributed by atoms with Gasteiger partial charge in [0.15, 0.2) is 5.96 Å². The molecule has 0 fully saturated rings. The van der Waals surface area contributed by atoms with E-state index in [-0.39, 0.29) is 60.4 Å². The summed E-state index contributed by atoms with van der Waals surface area (Å²) in [5, 5.41) is 9.09. The van der Waals surface area contributed by atoms with Gasteiger partial charge in [0, 0.05) is 11.2 Å². The van der Waals surface area contributed by atoms with Crippen LogP contribution in [-0.2, 0) is 11.3 Å². The van der Waals surface area contributed by atoms with Gasteiger partial charge in [0.1, 0.15) is 11.6 Å². The fourth-order valence-electron chi connectivity index (χ4n) is 2.60. The lowest BCUT2D eigenvalue weighted by Crippen LogP contribution is -2.46. The van der Waals surface area contributed by atoms with Crippen molar-refractivity contribution in [3.8, 4) is 5.75 Å². The van der Waals surface area contributed by atoms with Gasteiger partial charge in [0.2, 0.25) is 5.91 Å². The first-order valence-corrected chi connectivity index (χ1v) is 9.98. The van der Waals surface area contributed by atoms with Crippen LogP contribution in [0.1, 0.15) is 40.2 Å². The number of nitrogens with zero attached hydrogens (tertiary/aromatic N) is 1.